The largest absolute Gasteiger partial charge is 0.871 e. The molecule has 2 aromatic carbocycles. The number of nitrogens with one attached hydrogen (secondary N) is 1. The van der Waals surface area contributed by atoms with Gasteiger partial charge in [-0.3, -0.25) is 24.9 Å². The van der Waals surface area contributed by atoms with E-state index in [1.54, 1.807) is 18.2 Å². The van der Waals surface area contributed by atoms with E-state index in [1.807, 2.05) is 4.98 Å². The molecule has 10 heteroatoms. The van der Waals surface area contributed by atoms with E-state index >= 15 is 0 Å². The van der Waals surface area contributed by atoms with Crippen molar-refractivity contribution in [3.8, 4) is 17.3 Å². The van der Waals surface area contributed by atoms with E-state index < -0.39 is 27.8 Å². The molecule has 0 aliphatic carbocycles. The van der Waals surface area contributed by atoms with Crippen LogP contribution in [0.1, 0.15) is 5.56 Å². The minimum Gasteiger partial charge on any atom is -0.871 e. The van der Waals surface area contributed by atoms with Gasteiger partial charge in [-0.05, 0) is 12.1 Å². The van der Waals surface area contributed by atoms with E-state index in [-0.39, 0.29) is 16.9 Å². The van der Waals surface area contributed by atoms with Crippen molar-refractivity contribution in [3.05, 3.63) is 85.0 Å². The van der Waals surface area contributed by atoms with Crippen LogP contribution in [-0.4, -0.2) is 25.8 Å². The van der Waals surface area contributed by atoms with Crippen LogP contribution in [0.3, 0.4) is 0 Å². The van der Waals surface area contributed by atoms with Crippen molar-refractivity contribution < 1.29 is 15.1 Å². The van der Waals surface area contributed by atoms with Crippen LogP contribution in [-0.2, 0) is 0 Å². The van der Waals surface area contributed by atoms with Gasteiger partial charge in [0, 0.05) is 18.3 Å². The Bertz CT molecular complexity index is 1160. The molecule has 0 aliphatic heterocycles. The normalized spacial score (nSPS) is 11.0. The Kier molecular flexibility index (Phi) is 4.54. The highest BCUT2D eigenvalue weighted by atomic mass is 16.6. The average Bonchev–Trinajstić information content (AvgIpc) is 2.63. The molecule has 0 amide bonds. The lowest BCUT2D eigenvalue weighted by atomic mass is 10.2. The molecule has 0 fully saturated rings. The number of aromatic amines is 1. The summed E-state index contributed by atoms with van der Waals surface area (Å²) in [7, 11) is 0. The third-order valence-corrected chi connectivity index (χ3v) is 3.62. The maximum Gasteiger partial charge on any atom is 0.335 e. The number of para-hydroxylation sites is 1. The molecule has 2 N–H and O–H groups in total. The summed E-state index contributed by atoms with van der Waals surface area (Å²) in [4.78, 5) is 40.0. The summed E-state index contributed by atoms with van der Waals surface area (Å²) in [6.07, 6.45) is 0.869. The van der Waals surface area contributed by atoms with Gasteiger partial charge in [0.15, 0.2) is 0 Å². The third-order valence-electron chi connectivity index (χ3n) is 3.62. The topological polar surface area (TPSA) is 154 Å². The number of aromatic nitrogens is 2. The van der Waals surface area contributed by atoms with Gasteiger partial charge in [-0.25, -0.2) is 9.36 Å². The van der Waals surface area contributed by atoms with Gasteiger partial charge in [0.1, 0.15) is 5.56 Å². The molecule has 1 heterocycles. The number of aromatic hydroxyl groups is 1. The lowest BCUT2D eigenvalue weighted by molar-refractivity contribution is -0.385. The molecule has 0 spiro atoms. The summed E-state index contributed by atoms with van der Waals surface area (Å²) in [5, 5.41) is 33.0. The molecule has 3 aromatic rings. The fraction of sp³-hybridized carbons (Fsp3) is 0. The molecular formula is C17H11N4O6-. The van der Waals surface area contributed by atoms with Crippen LogP contribution in [0.4, 0.5) is 11.4 Å². The van der Waals surface area contributed by atoms with Gasteiger partial charge >= 0.3 is 5.69 Å². The van der Waals surface area contributed by atoms with Crippen LogP contribution in [0.2, 0.25) is 0 Å². The summed E-state index contributed by atoms with van der Waals surface area (Å²) in [6.45, 7) is 0. The lowest BCUT2D eigenvalue weighted by Crippen LogP contribution is -2.31. The van der Waals surface area contributed by atoms with E-state index in [2.05, 4.69) is 4.99 Å². The number of aliphatic imine (C=N–C) groups is 1. The number of H-pyrrole nitrogens is 1. The number of nitro groups is 1. The standard InChI is InChI=1S/C17H12N4O6/c22-14-7-6-11(21(26)27)8-13(14)18-9-12-15(23)19-17(25)20(16(12)24)10-4-2-1-3-5-10/h1-9,22,24H,(H,19,23,25)/p-1. The first-order valence-electron chi connectivity index (χ1n) is 7.51. The zero-order valence-electron chi connectivity index (χ0n) is 13.5. The minimum atomic E-state index is -0.925. The summed E-state index contributed by atoms with van der Waals surface area (Å²) in [5.41, 5.74) is -2.52. The predicted octanol–water partition coefficient (Wildman–Crippen LogP) is 0.964. The minimum absolute atomic E-state index is 0.291. The van der Waals surface area contributed by atoms with E-state index in [9.17, 15) is 29.9 Å². The highest BCUT2D eigenvalue weighted by Crippen LogP contribution is 2.28. The zero-order valence-corrected chi connectivity index (χ0v) is 13.5. The van der Waals surface area contributed by atoms with Gasteiger partial charge in [0.25, 0.3) is 11.2 Å². The van der Waals surface area contributed by atoms with Crippen molar-refractivity contribution in [1.29, 1.82) is 0 Å². The second-order valence-corrected chi connectivity index (χ2v) is 5.33. The summed E-state index contributed by atoms with van der Waals surface area (Å²) >= 11 is 0. The fourth-order valence-electron chi connectivity index (χ4n) is 2.33. The van der Waals surface area contributed by atoms with Crippen LogP contribution in [0.25, 0.3) is 5.69 Å². The van der Waals surface area contributed by atoms with Gasteiger partial charge in [-0.2, -0.15) is 0 Å². The molecule has 27 heavy (non-hydrogen) atoms. The first-order valence-corrected chi connectivity index (χ1v) is 7.51. The van der Waals surface area contributed by atoms with Crippen LogP contribution < -0.4 is 16.4 Å². The van der Waals surface area contributed by atoms with E-state index in [0.717, 1.165) is 29.0 Å². The van der Waals surface area contributed by atoms with Crippen molar-refractivity contribution in [3.63, 3.8) is 0 Å². The van der Waals surface area contributed by atoms with Crippen molar-refractivity contribution in [2.75, 3.05) is 0 Å². The molecular weight excluding hydrogens is 356 g/mol. The SMILES string of the molecule is O=c1[nH]c(=O)n(-c2ccccc2)c(O)c1C=Nc1cc([N+](=O)[O-])ccc1[O-]. The van der Waals surface area contributed by atoms with Crippen molar-refractivity contribution in [2.45, 2.75) is 0 Å². The van der Waals surface area contributed by atoms with Crippen molar-refractivity contribution >= 4 is 17.6 Å². The van der Waals surface area contributed by atoms with Gasteiger partial charge in [-0.1, -0.05) is 30.0 Å². The number of nitrogens with zero attached hydrogens (tertiary/aromatic N) is 3. The quantitative estimate of drug-likeness (QED) is 0.398. The summed E-state index contributed by atoms with van der Waals surface area (Å²) in [6, 6.07) is 11.0. The lowest BCUT2D eigenvalue weighted by Gasteiger charge is -2.10. The number of benzene rings is 2. The summed E-state index contributed by atoms with van der Waals surface area (Å²) < 4.78 is 0.855. The molecule has 0 aliphatic rings. The number of hydrogen-bond donors (Lipinski definition) is 2. The molecule has 0 atom stereocenters. The molecule has 3 rings (SSSR count). The van der Waals surface area contributed by atoms with E-state index in [4.69, 9.17) is 0 Å². The second-order valence-electron chi connectivity index (χ2n) is 5.33. The van der Waals surface area contributed by atoms with E-state index in [0.29, 0.717) is 5.69 Å². The average molecular weight is 367 g/mol. The molecule has 0 saturated carbocycles. The zero-order chi connectivity index (χ0) is 19.6. The molecule has 0 radical (unpaired) electrons. The highest BCUT2D eigenvalue weighted by Gasteiger charge is 2.14. The van der Waals surface area contributed by atoms with Gasteiger partial charge in [0.2, 0.25) is 5.88 Å². The smallest absolute Gasteiger partial charge is 0.335 e. The van der Waals surface area contributed by atoms with Crippen molar-refractivity contribution in [1.82, 2.24) is 9.55 Å². The van der Waals surface area contributed by atoms with Crippen LogP contribution in [0, 0.1) is 10.1 Å². The molecule has 0 saturated heterocycles. The Morgan fingerprint density at radius 2 is 1.85 bits per heavy atom. The number of hydrogen-bond acceptors (Lipinski definition) is 7. The Balaban J connectivity index is 2.13. The third kappa shape index (κ3) is 3.44. The van der Waals surface area contributed by atoms with E-state index in [1.165, 1.54) is 12.1 Å². The second kappa shape index (κ2) is 6.96. The number of rotatable bonds is 4. The first kappa shape index (κ1) is 17.6. The first-order chi connectivity index (χ1) is 12.9. The number of non-ortho nitro benzene ring substituents is 1. The van der Waals surface area contributed by atoms with Crippen LogP contribution in [0.15, 0.2) is 63.1 Å². The number of nitro benzene ring substituents is 1. The van der Waals surface area contributed by atoms with Crippen LogP contribution >= 0.6 is 0 Å². The van der Waals surface area contributed by atoms with Crippen LogP contribution in [0.5, 0.6) is 11.6 Å². The maximum absolute atomic E-state index is 12.0. The Morgan fingerprint density at radius 3 is 2.52 bits per heavy atom. The van der Waals surface area contributed by atoms with Crippen molar-refractivity contribution in [2.24, 2.45) is 4.99 Å². The fourth-order valence-corrected chi connectivity index (χ4v) is 2.33. The molecule has 0 unspecified atom stereocenters. The molecule has 1 aromatic heterocycles. The Hall–Kier alpha value is -4.21. The Labute approximate surface area is 150 Å². The van der Waals surface area contributed by atoms with Gasteiger partial charge < -0.3 is 10.2 Å². The Morgan fingerprint density at radius 1 is 1.15 bits per heavy atom. The summed E-state index contributed by atoms with van der Waals surface area (Å²) in [5.74, 6) is -1.29. The van der Waals surface area contributed by atoms with Gasteiger partial charge in [0.05, 0.1) is 16.3 Å². The van der Waals surface area contributed by atoms with Gasteiger partial charge in [-0.15, -0.1) is 0 Å². The molecule has 10 nitrogen and oxygen atoms in total. The maximum atomic E-state index is 12.0. The molecule has 136 valence electrons. The highest BCUT2D eigenvalue weighted by molar-refractivity contribution is 5.85. The predicted molar refractivity (Wildman–Crippen MR) is 94.1 cm³/mol. The molecule has 0 bridgehead atoms. The monoisotopic (exact) mass is 367 g/mol.